The summed E-state index contributed by atoms with van der Waals surface area (Å²) in [6.07, 6.45) is 1.78. The Labute approximate surface area is 118 Å². The topological polar surface area (TPSA) is 39.7 Å². The number of pyridine rings is 1. The third kappa shape index (κ3) is 2.53. The Morgan fingerprint density at radius 1 is 1.30 bits per heavy atom. The molecule has 0 N–H and O–H groups in total. The molecule has 1 aromatic rings. The number of hydrogen-bond acceptors (Lipinski definition) is 5. The van der Waals surface area contributed by atoms with Gasteiger partial charge in [0.2, 0.25) is 0 Å². The normalized spacial score (nSPS) is 21.8. The van der Waals surface area contributed by atoms with Crippen LogP contribution in [0.15, 0.2) is 12.3 Å². The molecule has 2 aliphatic heterocycles. The molecule has 0 spiro atoms. The van der Waals surface area contributed by atoms with Crippen molar-refractivity contribution < 1.29 is 9.18 Å². The largest absolute Gasteiger partial charge is 0.366 e. The fraction of sp³-hybridized carbons (Fsp3) is 0.571. The van der Waals surface area contributed by atoms with Gasteiger partial charge in [0, 0.05) is 51.4 Å². The van der Waals surface area contributed by atoms with Crippen LogP contribution in [0.1, 0.15) is 10.5 Å². The third-order valence-electron chi connectivity index (χ3n) is 4.23. The van der Waals surface area contributed by atoms with Crippen molar-refractivity contribution in [3.05, 3.63) is 23.8 Å². The van der Waals surface area contributed by atoms with Crippen LogP contribution in [-0.2, 0) is 0 Å². The van der Waals surface area contributed by atoms with Crippen molar-refractivity contribution in [2.24, 2.45) is 0 Å². The lowest BCUT2D eigenvalue weighted by Gasteiger charge is -2.48. The van der Waals surface area contributed by atoms with Crippen molar-refractivity contribution in [1.29, 1.82) is 0 Å². The van der Waals surface area contributed by atoms with E-state index in [0.29, 0.717) is 23.7 Å². The zero-order chi connectivity index (χ0) is 14.1. The molecular weight excluding hydrogens is 259 g/mol. The van der Waals surface area contributed by atoms with Crippen LogP contribution in [0, 0.1) is 5.82 Å². The van der Waals surface area contributed by atoms with Gasteiger partial charge in [-0.15, -0.1) is 0 Å². The molecule has 0 aromatic carbocycles. The van der Waals surface area contributed by atoms with Crippen LogP contribution in [-0.4, -0.2) is 73.4 Å². The minimum absolute atomic E-state index is 0.322. The summed E-state index contributed by atoms with van der Waals surface area (Å²) >= 11 is 0. The third-order valence-corrected chi connectivity index (χ3v) is 4.23. The molecule has 20 heavy (non-hydrogen) atoms. The Bertz CT molecular complexity index is 496. The van der Waals surface area contributed by atoms with Crippen molar-refractivity contribution in [2.45, 2.75) is 6.04 Å². The maximum Gasteiger partial charge on any atom is 0.170 e. The van der Waals surface area contributed by atoms with Crippen LogP contribution >= 0.6 is 0 Å². The summed E-state index contributed by atoms with van der Waals surface area (Å²) in [5.74, 6) is -0.395. The summed E-state index contributed by atoms with van der Waals surface area (Å²) in [4.78, 5) is 21.7. The molecule has 1 aromatic heterocycles. The first-order valence-corrected chi connectivity index (χ1v) is 6.95. The number of piperazine rings is 1. The molecule has 2 aliphatic rings. The number of aldehydes is 1. The Hall–Kier alpha value is -1.53. The number of anilines is 1. The molecule has 2 saturated heterocycles. The molecule has 6 heteroatoms. The highest BCUT2D eigenvalue weighted by atomic mass is 19.1. The van der Waals surface area contributed by atoms with E-state index in [-0.39, 0.29) is 0 Å². The van der Waals surface area contributed by atoms with Gasteiger partial charge in [-0.05, 0) is 7.05 Å². The van der Waals surface area contributed by atoms with E-state index in [4.69, 9.17) is 0 Å². The van der Waals surface area contributed by atoms with Gasteiger partial charge in [-0.25, -0.2) is 9.37 Å². The van der Waals surface area contributed by atoms with E-state index in [0.717, 1.165) is 45.5 Å². The molecule has 0 bridgehead atoms. The zero-order valence-corrected chi connectivity index (χ0v) is 11.6. The number of halogens is 1. The summed E-state index contributed by atoms with van der Waals surface area (Å²) in [5.41, 5.74) is 0.939. The number of hydrogen-bond donors (Lipinski definition) is 0. The van der Waals surface area contributed by atoms with E-state index in [1.54, 1.807) is 0 Å². The van der Waals surface area contributed by atoms with Crippen LogP contribution < -0.4 is 4.90 Å². The molecule has 0 atom stereocenters. The van der Waals surface area contributed by atoms with Crippen LogP contribution in [0.2, 0.25) is 0 Å². The molecule has 0 saturated carbocycles. The van der Waals surface area contributed by atoms with Gasteiger partial charge in [0.15, 0.2) is 6.29 Å². The van der Waals surface area contributed by atoms with Gasteiger partial charge >= 0.3 is 0 Å². The Kier molecular flexibility index (Phi) is 3.67. The van der Waals surface area contributed by atoms with E-state index in [1.807, 2.05) is 4.90 Å². The summed E-state index contributed by atoms with van der Waals surface area (Å²) in [5, 5.41) is 0. The first-order chi connectivity index (χ1) is 9.67. The minimum atomic E-state index is -0.395. The molecule has 108 valence electrons. The van der Waals surface area contributed by atoms with Gasteiger partial charge < -0.3 is 9.80 Å². The smallest absolute Gasteiger partial charge is 0.170 e. The van der Waals surface area contributed by atoms with Gasteiger partial charge in [0.1, 0.15) is 11.5 Å². The first-order valence-electron chi connectivity index (χ1n) is 6.95. The molecule has 3 rings (SSSR count). The van der Waals surface area contributed by atoms with Crippen LogP contribution in [0.3, 0.4) is 0 Å². The molecular formula is C14H19FN4O. The van der Waals surface area contributed by atoms with Gasteiger partial charge in [-0.3, -0.25) is 9.69 Å². The minimum Gasteiger partial charge on any atom is -0.366 e. The maximum absolute atomic E-state index is 13.3. The summed E-state index contributed by atoms with van der Waals surface area (Å²) in [6, 6.07) is 1.91. The van der Waals surface area contributed by atoms with E-state index < -0.39 is 5.82 Å². The van der Waals surface area contributed by atoms with Gasteiger partial charge in [0.05, 0.1) is 11.9 Å². The molecule has 3 heterocycles. The van der Waals surface area contributed by atoms with Gasteiger partial charge in [-0.1, -0.05) is 0 Å². The molecule has 0 unspecified atom stereocenters. The van der Waals surface area contributed by atoms with Crippen molar-refractivity contribution in [3.63, 3.8) is 0 Å². The van der Waals surface area contributed by atoms with Crippen molar-refractivity contribution in [1.82, 2.24) is 14.8 Å². The van der Waals surface area contributed by atoms with Crippen LogP contribution in [0.5, 0.6) is 0 Å². The predicted molar refractivity (Wildman–Crippen MR) is 74.7 cm³/mol. The fourth-order valence-corrected chi connectivity index (χ4v) is 2.85. The summed E-state index contributed by atoms with van der Waals surface area (Å²) < 4.78 is 13.3. The fourth-order valence-electron chi connectivity index (χ4n) is 2.85. The Morgan fingerprint density at radius 2 is 2.00 bits per heavy atom. The van der Waals surface area contributed by atoms with Crippen molar-refractivity contribution in [2.75, 3.05) is 51.2 Å². The van der Waals surface area contributed by atoms with E-state index >= 15 is 0 Å². The Balaban J connectivity index is 1.63. The predicted octanol–water partition coefficient (Wildman–Crippen LogP) is 0.469. The summed E-state index contributed by atoms with van der Waals surface area (Å²) in [7, 11) is 2.14. The molecule has 0 amide bonds. The number of likely N-dealkylation sites (N-methyl/N-ethyl adjacent to an activating group) is 1. The second kappa shape index (κ2) is 5.46. The average molecular weight is 278 g/mol. The molecule has 0 radical (unpaired) electrons. The lowest BCUT2D eigenvalue weighted by Crippen LogP contribution is -2.63. The lowest BCUT2D eigenvalue weighted by atomic mass is 10.0. The number of aromatic nitrogens is 1. The maximum atomic E-state index is 13.3. The number of carbonyl (C=O) groups excluding carboxylic acids is 1. The number of rotatable bonds is 3. The second-order valence-electron chi connectivity index (χ2n) is 5.57. The standard InChI is InChI=1S/C14H19FN4O/c1-17-2-4-18(5-3-17)12-8-19(9-12)14-6-11(15)7-16-13(14)10-20/h6-7,10,12H,2-5,8-9H2,1H3. The number of nitrogens with zero attached hydrogens (tertiary/aromatic N) is 4. The highest BCUT2D eigenvalue weighted by Gasteiger charge is 2.34. The Morgan fingerprint density at radius 3 is 2.65 bits per heavy atom. The highest BCUT2D eigenvalue weighted by molar-refractivity contribution is 5.82. The van der Waals surface area contributed by atoms with Crippen LogP contribution in [0.25, 0.3) is 0 Å². The SMILES string of the molecule is CN1CCN(C2CN(c3cc(F)cnc3C=O)C2)CC1. The van der Waals surface area contributed by atoms with Gasteiger partial charge in [0.25, 0.3) is 0 Å². The highest BCUT2D eigenvalue weighted by Crippen LogP contribution is 2.26. The van der Waals surface area contributed by atoms with Crippen molar-refractivity contribution in [3.8, 4) is 0 Å². The second-order valence-corrected chi connectivity index (χ2v) is 5.57. The number of carbonyl (C=O) groups is 1. The van der Waals surface area contributed by atoms with Crippen LogP contribution in [0.4, 0.5) is 10.1 Å². The van der Waals surface area contributed by atoms with E-state index in [1.165, 1.54) is 6.07 Å². The molecule has 0 aliphatic carbocycles. The van der Waals surface area contributed by atoms with Gasteiger partial charge in [-0.2, -0.15) is 0 Å². The monoisotopic (exact) mass is 278 g/mol. The average Bonchev–Trinajstić information content (AvgIpc) is 2.40. The molecule has 2 fully saturated rings. The first kappa shape index (κ1) is 13.5. The van der Waals surface area contributed by atoms with E-state index in [2.05, 4.69) is 21.8 Å². The van der Waals surface area contributed by atoms with E-state index in [9.17, 15) is 9.18 Å². The zero-order valence-electron chi connectivity index (χ0n) is 11.6. The lowest BCUT2D eigenvalue weighted by molar-refractivity contribution is 0.0960. The quantitative estimate of drug-likeness (QED) is 0.752. The van der Waals surface area contributed by atoms with Crippen molar-refractivity contribution >= 4 is 12.0 Å². The molecule has 5 nitrogen and oxygen atoms in total. The summed E-state index contributed by atoms with van der Waals surface area (Å²) in [6.45, 7) is 6.04.